The predicted octanol–water partition coefficient (Wildman–Crippen LogP) is 2.23. The fourth-order valence-corrected chi connectivity index (χ4v) is 1.63. The SMILES string of the molecule is Cc1ccoc1C(N)Cc1ccncc1. The van der Waals surface area contributed by atoms with Gasteiger partial charge in [-0.3, -0.25) is 4.98 Å². The fraction of sp³-hybridized carbons (Fsp3) is 0.250. The minimum atomic E-state index is -0.0811. The van der Waals surface area contributed by atoms with Crippen molar-refractivity contribution in [1.29, 1.82) is 0 Å². The molecule has 2 rings (SSSR count). The molecule has 3 nitrogen and oxygen atoms in total. The van der Waals surface area contributed by atoms with Gasteiger partial charge < -0.3 is 10.2 Å². The molecule has 1 unspecified atom stereocenters. The summed E-state index contributed by atoms with van der Waals surface area (Å²) >= 11 is 0. The lowest BCUT2D eigenvalue weighted by Crippen LogP contribution is -2.13. The second kappa shape index (κ2) is 4.28. The van der Waals surface area contributed by atoms with Gasteiger partial charge in [0.15, 0.2) is 0 Å². The second-order valence-electron chi connectivity index (χ2n) is 3.63. The first-order chi connectivity index (χ1) is 7.27. The van der Waals surface area contributed by atoms with E-state index in [0.717, 1.165) is 17.7 Å². The molecule has 15 heavy (non-hydrogen) atoms. The zero-order valence-electron chi connectivity index (χ0n) is 8.68. The minimum Gasteiger partial charge on any atom is -0.467 e. The smallest absolute Gasteiger partial charge is 0.123 e. The molecule has 2 aromatic heterocycles. The zero-order valence-corrected chi connectivity index (χ0v) is 8.68. The number of hydrogen-bond acceptors (Lipinski definition) is 3. The number of rotatable bonds is 3. The van der Waals surface area contributed by atoms with Crippen molar-refractivity contribution >= 4 is 0 Å². The van der Waals surface area contributed by atoms with Crippen molar-refractivity contribution in [2.45, 2.75) is 19.4 Å². The molecular weight excluding hydrogens is 188 g/mol. The second-order valence-corrected chi connectivity index (χ2v) is 3.63. The molecule has 0 fully saturated rings. The van der Waals surface area contributed by atoms with Gasteiger partial charge in [0.25, 0.3) is 0 Å². The number of nitrogens with two attached hydrogens (primary N) is 1. The van der Waals surface area contributed by atoms with Crippen LogP contribution >= 0.6 is 0 Å². The van der Waals surface area contributed by atoms with Crippen molar-refractivity contribution < 1.29 is 4.42 Å². The van der Waals surface area contributed by atoms with Crippen molar-refractivity contribution in [2.24, 2.45) is 5.73 Å². The molecule has 1 atom stereocenters. The van der Waals surface area contributed by atoms with Gasteiger partial charge in [-0.1, -0.05) is 0 Å². The number of hydrogen-bond donors (Lipinski definition) is 1. The van der Waals surface area contributed by atoms with Gasteiger partial charge in [0.05, 0.1) is 12.3 Å². The van der Waals surface area contributed by atoms with Crippen LogP contribution in [-0.2, 0) is 6.42 Å². The lowest BCUT2D eigenvalue weighted by molar-refractivity contribution is 0.461. The summed E-state index contributed by atoms with van der Waals surface area (Å²) in [5.74, 6) is 0.867. The molecule has 2 heterocycles. The van der Waals surface area contributed by atoms with Gasteiger partial charge in [0.1, 0.15) is 5.76 Å². The van der Waals surface area contributed by atoms with E-state index < -0.39 is 0 Å². The Bertz CT molecular complexity index is 422. The third-order valence-electron chi connectivity index (χ3n) is 2.44. The predicted molar refractivity (Wildman–Crippen MR) is 58.3 cm³/mol. The Labute approximate surface area is 88.9 Å². The van der Waals surface area contributed by atoms with Crippen molar-refractivity contribution in [1.82, 2.24) is 4.98 Å². The molecule has 0 aromatic carbocycles. The van der Waals surface area contributed by atoms with Gasteiger partial charge in [-0.05, 0) is 42.7 Å². The molecule has 78 valence electrons. The first-order valence-electron chi connectivity index (χ1n) is 4.96. The first-order valence-corrected chi connectivity index (χ1v) is 4.96. The number of pyridine rings is 1. The standard InChI is InChI=1S/C12H14N2O/c1-9-4-7-15-12(9)11(13)8-10-2-5-14-6-3-10/h2-7,11H,8,13H2,1H3. The molecule has 0 aliphatic heterocycles. The summed E-state index contributed by atoms with van der Waals surface area (Å²) in [6.45, 7) is 2.01. The summed E-state index contributed by atoms with van der Waals surface area (Å²) in [6, 6.07) is 5.79. The van der Waals surface area contributed by atoms with E-state index in [9.17, 15) is 0 Å². The summed E-state index contributed by atoms with van der Waals surface area (Å²) in [5, 5.41) is 0. The van der Waals surface area contributed by atoms with Crippen LogP contribution in [0.2, 0.25) is 0 Å². The average Bonchev–Trinajstić information content (AvgIpc) is 2.66. The van der Waals surface area contributed by atoms with Gasteiger partial charge in [-0.25, -0.2) is 0 Å². The maximum absolute atomic E-state index is 6.06. The molecule has 0 radical (unpaired) electrons. The highest BCUT2D eigenvalue weighted by Gasteiger charge is 2.12. The van der Waals surface area contributed by atoms with E-state index in [1.807, 2.05) is 25.1 Å². The van der Waals surface area contributed by atoms with Crippen LogP contribution in [0.4, 0.5) is 0 Å². The number of nitrogens with zero attached hydrogens (tertiary/aromatic N) is 1. The Balaban J connectivity index is 2.11. The van der Waals surface area contributed by atoms with Gasteiger partial charge in [0.2, 0.25) is 0 Å². The Morgan fingerprint density at radius 2 is 2.07 bits per heavy atom. The van der Waals surface area contributed by atoms with Crippen LogP contribution in [0.1, 0.15) is 22.9 Å². The summed E-state index contributed by atoms with van der Waals surface area (Å²) in [6.07, 6.45) is 6.00. The van der Waals surface area contributed by atoms with E-state index >= 15 is 0 Å². The molecule has 2 aromatic rings. The van der Waals surface area contributed by atoms with Crippen molar-refractivity contribution in [3.63, 3.8) is 0 Å². The summed E-state index contributed by atoms with van der Waals surface area (Å²) < 4.78 is 5.36. The van der Waals surface area contributed by atoms with Gasteiger partial charge >= 0.3 is 0 Å². The number of furan rings is 1. The van der Waals surface area contributed by atoms with E-state index in [-0.39, 0.29) is 6.04 Å². The topological polar surface area (TPSA) is 52.0 Å². The lowest BCUT2D eigenvalue weighted by atomic mass is 10.0. The van der Waals surface area contributed by atoms with E-state index in [2.05, 4.69) is 4.98 Å². The molecule has 0 aliphatic rings. The minimum absolute atomic E-state index is 0.0811. The molecule has 0 bridgehead atoms. The zero-order chi connectivity index (χ0) is 10.7. The third kappa shape index (κ3) is 2.25. The van der Waals surface area contributed by atoms with Crippen LogP contribution in [0.3, 0.4) is 0 Å². The van der Waals surface area contributed by atoms with Crippen molar-refractivity contribution in [3.8, 4) is 0 Å². The van der Waals surface area contributed by atoms with Gasteiger partial charge in [-0.15, -0.1) is 0 Å². The largest absolute Gasteiger partial charge is 0.467 e. The molecular formula is C12H14N2O. The van der Waals surface area contributed by atoms with Crippen LogP contribution in [0.15, 0.2) is 41.3 Å². The van der Waals surface area contributed by atoms with Gasteiger partial charge in [-0.2, -0.15) is 0 Å². The molecule has 3 heteroatoms. The highest BCUT2D eigenvalue weighted by atomic mass is 16.3. The van der Waals surface area contributed by atoms with Crippen LogP contribution in [0, 0.1) is 6.92 Å². The highest BCUT2D eigenvalue weighted by molar-refractivity contribution is 5.21. The highest BCUT2D eigenvalue weighted by Crippen LogP contribution is 2.19. The maximum atomic E-state index is 6.06. The van der Waals surface area contributed by atoms with E-state index in [1.54, 1.807) is 18.7 Å². The molecule has 0 amide bonds. The summed E-state index contributed by atoms with van der Waals surface area (Å²) in [5.41, 5.74) is 8.34. The first kappa shape index (κ1) is 9.93. The normalized spacial score (nSPS) is 12.7. The molecule has 0 spiro atoms. The van der Waals surface area contributed by atoms with Crippen LogP contribution in [0.25, 0.3) is 0 Å². The molecule has 0 saturated heterocycles. The molecule has 0 aliphatic carbocycles. The van der Waals surface area contributed by atoms with Crippen LogP contribution < -0.4 is 5.73 Å². The lowest BCUT2D eigenvalue weighted by Gasteiger charge is -2.09. The number of aromatic nitrogens is 1. The monoisotopic (exact) mass is 202 g/mol. The van der Waals surface area contributed by atoms with Crippen molar-refractivity contribution in [2.75, 3.05) is 0 Å². The Hall–Kier alpha value is -1.61. The van der Waals surface area contributed by atoms with Crippen LogP contribution in [-0.4, -0.2) is 4.98 Å². The fourth-order valence-electron chi connectivity index (χ4n) is 1.63. The maximum Gasteiger partial charge on any atom is 0.123 e. The van der Waals surface area contributed by atoms with E-state index in [1.165, 1.54) is 5.56 Å². The summed E-state index contributed by atoms with van der Waals surface area (Å²) in [7, 11) is 0. The third-order valence-corrected chi connectivity index (χ3v) is 2.44. The van der Waals surface area contributed by atoms with Crippen LogP contribution in [0.5, 0.6) is 0 Å². The number of aryl methyl sites for hydroxylation is 1. The van der Waals surface area contributed by atoms with Crippen molar-refractivity contribution in [3.05, 3.63) is 53.7 Å². The Morgan fingerprint density at radius 3 is 2.67 bits per heavy atom. The molecule has 2 N–H and O–H groups in total. The van der Waals surface area contributed by atoms with E-state index in [4.69, 9.17) is 10.2 Å². The molecule has 0 saturated carbocycles. The summed E-state index contributed by atoms with van der Waals surface area (Å²) in [4.78, 5) is 3.97. The van der Waals surface area contributed by atoms with Gasteiger partial charge in [0, 0.05) is 12.4 Å². The Morgan fingerprint density at radius 1 is 1.33 bits per heavy atom. The quantitative estimate of drug-likeness (QED) is 0.830. The average molecular weight is 202 g/mol. The van der Waals surface area contributed by atoms with E-state index in [0.29, 0.717) is 0 Å². The Kier molecular flexibility index (Phi) is 2.83.